The second-order valence-electron chi connectivity index (χ2n) is 16.9. The zero-order chi connectivity index (χ0) is 42.4. The van der Waals surface area contributed by atoms with Crippen molar-refractivity contribution in [3.05, 3.63) is 189 Å². The Kier molecular flexibility index (Phi) is 11.8. The summed E-state index contributed by atoms with van der Waals surface area (Å²) in [6.07, 6.45) is 5.41. The van der Waals surface area contributed by atoms with Crippen molar-refractivity contribution in [1.29, 1.82) is 0 Å². The quantitative estimate of drug-likeness (QED) is 0.124. The first-order valence-corrected chi connectivity index (χ1v) is 23.0. The molecule has 1 N–H and O–H groups in total. The third kappa shape index (κ3) is 7.95. The van der Waals surface area contributed by atoms with Gasteiger partial charge in [0.2, 0.25) is 0 Å². The molecule has 5 nitrogen and oxygen atoms in total. The number of nitrogens with zero attached hydrogens (tertiary/aromatic N) is 3. The molecule has 0 amide bonds. The maximum atomic E-state index is 6.79. The molecule has 0 radical (unpaired) electrons. The molecule has 7 heteroatoms. The number of pyridine rings is 1. The van der Waals surface area contributed by atoms with Crippen LogP contribution in [0, 0.1) is 19.2 Å². The van der Waals surface area contributed by atoms with Crippen molar-refractivity contribution in [3.8, 4) is 39.6 Å². The van der Waals surface area contributed by atoms with Gasteiger partial charge in [-0.1, -0.05) is 154 Å². The van der Waals surface area contributed by atoms with Crippen LogP contribution in [-0.2, 0) is 32.6 Å². The number of nitrogens with one attached hydrogen (secondary N) is 1. The Labute approximate surface area is 386 Å². The van der Waals surface area contributed by atoms with Crippen LogP contribution in [0.4, 0.5) is 22.7 Å². The molecule has 0 saturated carbocycles. The molecule has 63 heavy (non-hydrogen) atoms. The molecule has 7 aromatic carbocycles. The number of para-hydroxylation sites is 3. The molecule has 0 bridgehead atoms. The molecular weight excluding hydrogens is 971 g/mol. The SMILES string of the molecule is [CH2-]N(c1ccccc1Nc1[c-]c(Oc2[c-]c3c4c5c(cccc5p(CCCC)c4c2)n3-c2cc(C(C)(C)C)ccn2)ccc1)c1c(-c2ccccc2)cccc1-c1ccccc1.[Pt]. The number of benzene rings is 7. The fourth-order valence-electron chi connectivity index (χ4n) is 8.78. The van der Waals surface area contributed by atoms with Crippen LogP contribution in [0.15, 0.2) is 164 Å². The van der Waals surface area contributed by atoms with Crippen molar-refractivity contribution in [1.82, 2.24) is 9.55 Å². The zero-order valence-electron chi connectivity index (χ0n) is 35.9. The van der Waals surface area contributed by atoms with Crippen LogP contribution in [0.5, 0.6) is 11.5 Å². The largest absolute Gasteiger partial charge is 0.509 e. The van der Waals surface area contributed by atoms with Crippen molar-refractivity contribution in [2.75, 3.05) is 10.2 Å². The predicted molar refractivity (Wildman–Crippen MR) is 262 cm³/mol. The molecule has 0 aliphatic heterocycles. The van der Waals surface area contributed by atoms with Gasteiger partial charge in [-0.3, -0.25) is 7.05 Å². The Balaban J connectivity index is 0.00000504. The first-order chi connectivity index (χ1) is 30.3. The zero-order valence-corrected chi connectivity index (χ0v) is 39.1. The van der Waals surface area contributed by atoms with Crippen LogP contribution in [0.1, 0.15) is 46.1 Å². The van der Waals surface area contributed by atoms with Crippen molar-refractivity contribution in [3.63, 3.8) is 0 Å². The van der Waals surface area contributed by atoms with E-state index in [2.05, 4.69) is 183 Å². The summed E-state index contributed by atoms with van der Waals surface area (Å²) in [6, 6.07) is 62.4. The number of anilines is 4. The van der Waals surface area contributed by atoms with Crippen molar-refractivity contribution in [2.45, 2.75) is 52.1 Å². The molecule has 0 saturated heterocycles. The van der Waals surface area contributed by atoms with Crippen LogP contribution in [0.2, 0.25) is 0 Å². The molecule has 0 aliphatic rings. The third-order valence-corrected chi connectivity index (χ3v) is 14.5. The molecule has 0 aliphatic carbocycles. The molecular formula is C56H48N4OPPt-3. The number of aromatic nitrogens is 2. The molecule has 0 fully saturated rings. The predicted octanol–water partition coefficient (Wildman–Crippen LogP) is 16.3. The van der Waals surface area contributed by atoms with E-state index in [-0.39, 0.29) is 26.5 Å². The van der Waals surface area contributed by atoms with Gasteiger partial charge in [-0.25, -0.2) is 4.98 Å². The summed E-state index contributed by atoms with van der Waals surface area (Å²) in [5.41, 5.74) is 11.5. The minimum atomic E-state index is -0.546. The van der Waals surface area contributed by atoms with Gasteiger partial charge in [0.05, 0.1) is 5.69 Å². The van der Waals surface area contributed by atoms with E-state index in [1.165, 1.54) is 38.5 Å². The summed E-state index contributed by atoms with van der Waals surface area (Å²) in [5, 5.41) is 9.10. The van der Waals surface area contributed by atoms with Gasteiger partial charge in [0, 0.05) is 66.8 Å². The number of unbranched alkanes of at least 4 members (excludes halogenated alkanes) is 1. The van der Waals surface area contributed by atoms with E-state index in [0.29, 0.717) is 11.5 Å². The van der Waals surface area contributed by atoms with E-state index >= 15 is 0 Å². The number of hydrogen-bond donors (Lipinski definition) is 1. The molecule has 0 spiro atoms. The number of hydrogen-bond acceptors (Lipinski definition) is 4. The minimum Gasteiger partial charge on any atom is -0.509 e. The second-order valence-corrected chi connectivity index (χ2v) is 19.2. The van der Waals surface area contributed by atoms with E-state index < -0.39 is 7.53 Å². The maximum Gasteiger partial charge on any atom is 0.135 e. The summed E-state index contributed by atoms with van der Waals surface area (Å²) in [5.74, 6) is 2.18. The van der Waals surface area contributed by atoms with Gasteiger partial charge in [0.15, 0.2) is 0 Å². The Morgan fingerprint density at radius 2 is 1.40 bits per heavy atom. The van der Waals surface area contributed by atoms with E-state index in [9.17, 15) is 0 Å². The summed E-state index contributed by atoms with van der Waals surface area (Å²) in [7, 11) is 4.16. The Bertz CT molecular complexity index is 3130. The van der Waals surface area contributed by atoms with E-state index in [0.717, 1.165) is 68.9 Å². The molecule has 3 aromatic heterocycles. The van der Waals surface area contributed by atoms with Crippen molar-refractivity contribution >= 4 is 62.3 Å². The van der Waals surface area contributed by atoms with Crippen LogP contribution >= 0.6 is 7.53 Å². The van der Waals surface area contributed by atoms with E-state index in [4.69, 9.17) is 16.8 Å². The van der Waals surface area contributed by atoms with Gasteiger partial charge in [0.1, 0.15) is 5.82 Å². The van der Waals surface area contributed by atoms with Gasteiger partial charge in [-0.15, -0.1) is 43.0 Å². The summed E-state index contributed by atoms with van der Waals surface area (Å²) < 4.78 is 9.08. The van der Waals surface area contributed by atoms with E-state index in [1.54, 1.807) is 0 Å². The third-order valence-electron chi connectivity index (χ3n) is 11.8. The Morgan fingerprint density at radius 1 is 0.714 bits per heavy atom. The smallest absolute Gasteiger partial charge is 0.135 e. The molecule has 10 rings (SSSR count). The monoisotopic (exact) mass is 1020 g/mol. The van der Waals surface area contributed by atoms with Crippen LogP contribution in [-0.4, -0.2) is 9.55 Å². The fraction of sp³-hybridized carbons (Fsp3) is 0.143. The Hall–Kier alpha value is -6.12. The van der Waals surface area contributed by atoms with E-state index in [1.807, 2.05) is 35.4 Å². The van der Waals surface area contributed by atoms with Crippen LogP contribution in [0.25, 0.3) is 60.1 Å². The number of rotatable bonds is 12. The minimum absolute atomic E-state index is 0. The summed E-state index contributed by atoms with van der Waals surface area (Å²) in [4.78, 5) is 6.99. The summed E-state index contributed by atoms with van der Waals surface area (Å²) in [6.45, 7) is 9.02. The number of aryl methyl sites for hydroxylation is 1. The molecule has 10 aromatic rings. The number of ether oxygens (including phenoxy) is 1. The van der Waals surface area contributed by atoms with Crippen molar-refractivity contribution < 1.29 is 25.8 Å². The normalized spacial score (nSPS) is 11.9. The van der Waals surface area contributed by atoms with Gasteiger partial charge < -0.3 is 19.5 Å². The fourth-order valence-corrected chi connectivity index (χ4v) is 11.7. The average molecular weight is 1020 g/mol. The molecule has 316 valence electrons. The molecule has 3 heterocycles. The Morgan fingerprint density at radius 3 is 2.11 bits per heavy atom. The molecule has 1 unspecified atom stereocenters. The van der Waals surface area contributed by atoms with Crippen molar-refractivity contribution in [2.24, 2.45) is 0 Å². The van der Waals surface area contributed by atoms with Gasteiger partial charge >= 0.3 is 0 Å². The maximum absolute atomic E-state index is 6.79. The molecule has 1 atom stereocenters. The van der Waals surface area contributed by atoms with Gasteiger partial charge in [-0.05, 0) is 75.5 Å². The standard InChI is InChI=1S/C56H48N4OP.Pt/c1-6-7-33-62-50-30-18-29-48-53(50)54-49(60(48)52-34-40(31-32-57-52)56(2,3)4)36-43(37-51(54)62)61-42-24-16-23-41(35-42)58-46-27-14-15-28-47(46)59(5)55-44(38-19-10-8-11-20-38)25-17-26-45(55)39-21-12-9-13-22-39;/h8-32,34,37,58H,5-7,33H2,1-4H3;/q-3;. The topological polar surface area (TPSA) is 42.3 Å². The average Bonchev–Trinajstić information content (AvgIpc) is 3.81. The first-order valence-electron chi connectivity index (χ1n) is 21.5. The first kappa shape index (κ1) is 42.2. The van der Waals surface area contributed by atoms with Gasteiger partial charge in [0.25, 0.3) is 0 Å². The second kappa shape index (κ2) is 17.6. The van der Waals surface area contributed by atoms with Gasteiger partial charge in [-0.2, -0.15) is 6.07 Å². The summed E-state index contributed by atoms with van der Waals surface area (Å²) >= 11 is 0. The van der Waals surface area contributed by atoms with Crippen LogP contribution < -0.4 is 15.0 Å². The van der Waals surface area contributed by atoms with Crippen LogP contribution in [0.3, 0.4) is 0 Å².